The number of carbonyl (C=O) groups is 1. The fourth-order valence-corrected chi connectivity index (χ4v) is 2.61. The third-order valence-corrected chi connectivity index (χ3v) is 3.68. The van der Waals surface area contributed by atoms with Crippen LogP contribution in [0.2, 0.25) is 5.02 Å². The molecule has 0 aliphatic heterocycles. The van der Waals surface area contributed by atoms with Gasteiger partial charge in [-0.15, -0.1) is 11.3 Å². The molecule has 1 heterocycles. The van der Waals surface area contributed by atoms with Gasteiger partial charge in [-0.05, 0) is 23.6 Å². The Morgan fingerprint density at radius 2 is 2.17 bits per heavy atom. The Hall–Kier alpha value is -1.70. The van der Waals surface area contributed by atoms with Crippen molar-refractivity contribution in [2.45, 2.75) is 5.92 Å². The number of nitriles is 1. The standard InChI is InChI=1S/C13H7ClFNOS/c14-9-3-1-4-10(15)12(9)13(17)8(7-16)11-5-2-6-18-11/h1-6,8H. The summed E-state index contributed by atoms with van der Waals surface area (Å²) in [5.74, 6) is -2.33. The van der Waals surface area contributed by atoms with Crippen LogP contribution in [0.15, 0.2) is 35.7 Å². The van der Waals surface area contributed by atoms with E-state index in [0.29, 0.717) is 4.88 Å². The molecule has 18 heavy (non-hydrogen) atoms. The number of carbonyl (C=O) groups excluding carboxylic acids is 1. The highest BCUT2D eigenvalue weighted by molar-refractivity contribution is 7.10. The van der Waals surface area contributed by atoms with Gasteiger partial charge in [-0.1, -0.05) is 23.7 Å². The number of Topliss-reactive ketones (excluding diaryl/α,β-unsaturated/α-hetero) is 1. The Bertz CT molecular complexity index is 598. The van der Waals surface area contributed by atoms with E-state index in [2.05, 4.69) is 0 Å². The first-order chi connectivity index (χ1) is 8.65. The number of hydrogen-bond donors (Lipinski definition) is 0. The Labute approximate surface area is 112 Å². The Kier molecular flexibility index (Phi) is 3.75. The molecular weight excluding hydrogens is 273 g/mol. The highest BCUT2D eigenvalue weighted by Crippen LogP contribution is 2.29. The van der Waals surface area contributed by atoms with Crippen molar-refractivity contribution in [3.8, 4) is 6.07 Å². The highest BCUT2D eigenvalue weighted by atomic mass is 35.5. The highest BCUT2D eigenvalue weighted by Gasteiger charge is 2.26. The smallest absolute Gasteiger partial charge is 0.189 e. The molecule has 0 aliphatic rings. The fraction of sp³-hybridized carbons (Fsp3) is 0.0769. The molecule has 5 heteroatoms. The van der Waals surface area contributed by atoms with Gasteiger partial charge in [0.1, 0.15) is 11.7 Å². The van der Waals surface area contributed by atoms with E-state index in [-0.39, 0.29) is 10.6 Å². The van der Waals surface area contributed by atoms with E-state index in [1.165, 1.54) is 23.5 Å². The quantitative estimate of drug-likeness (QED) is 0.796. The third-order valence-electron chi connectivity index (χ3n) is 2.43. The number of hydrogen-bond acceptors (Lipinski definition) is 3. The molecule has 90 valence electrons. The summed E-state index contributed by atoms with van der Waals surface area (Å²) < 4.78 is 13.6. The topological polar surface area (TPSA) is 40.9 Å². The minimum Gasteiger partial charge on any atom is -0.292 e. The summed E-state index contributed by atoms with van der Waals surface area (Å²) >= 11 is 7.10. The lowest BCUT2D eigenvalue weighted by molar-refractivity contribution is 0.0976. The van der Waals surface area contributed by atoms with E-state index >= 15 is 0 Å². The van der Waals surface area contributed by atoms with Gasteiger partial charge in [-0.3, -0.25) is 4.79 Å². The number of nitrogens with zero attached hydrogens (tertiary/aromatic N) is 1. The molecule has 2 rings (SSSR count). The van der Waals surface area contributed by atoms with Crippen LogP contribution >= 0.6 is 22.9 Å². The summed E-state index contributed by atoms with van der Waals surface area (Å²) in [5.41, 5.74) is -0.223. The maximum atomic E-state index is 13.6. The second kappa shape index (κ2) is 5.30. The SMILES string of the molecule is N#CC(C(=O)c1c(F)cccc1Cl)c1cccs1. The first-order valence-electron chi connectivity index (χ1n) is 5.06. The predicted octanol–water partition coefficient (Wildman–Crippen LogP) is 4.03. The van der Waals surface area contributed by atoms with Gasteiger partial charge < -0.3 is 0 Å². The van der Waals surface area contributed by atoms with Gasteiger partial charge in [-0.2, -0.15) is 5.26 Å². The zero-order valence-electron chi connectivity index (χ0n) is 9.06. The molecule has 2 aromatic rings. The van der Waals surface area contributed by atoms with Gasteiger partial charge >= 0.3 is 0 Å². The Morgan fingerprint density at radius 3 is 2.72 bits per heavy atom. The van der Waals surface area contributed by atoms with Crippen LogP contribution in [0.25, 0.3) is 0 Å². The van der Waals surface area contributed by atoms with Crippen molar-refractivity contribution in [3.05, 3.63) is 57.0 Å². The molecule has 0 spiro atoms. The second-order valence-corrected chi connectivity index (χ2v) is 4.92. The van der Waals surface area contributed by atoms with Gasteiger partial charge in [0.05, 0.1) is 16.7 Å². The predicted molar refractivity (Wildman–Crippen MR) is 68.4 cm³/mol. The molecule has 1 atom stereocenters. The van der Waals surface area contributed by atoms with E-state index in [9.17, 15) is 9.18 Å². The van der Waals surface area contributed by atoms with Crippen LogP contribution in [0.4, 0.5) is 4.39 Å². The van der Waals surface area contributed by atoms with Gasteiger partial charge in [0, 0.05) is 4.88 Å². The van der Waals surface area contributed by atoms with Crippen molar-refractivity contribution in [3.63, 3.8) is 0 Å². The van der Waals surface area contributed by atoms with E-state index < -0.39 is 17.5 Å². The fourth-order valence-electron chi connectivity index (χ4n) is 1.58. The molecule has 0 bridgehead atoms. The van der Waals surface area contributed by atoms with Crippen LogP contribution in [-0.4, -0.2) is 5.78 Å². The lowest BCUT2D eigenvalue weighted by atomic mass is 9.97. The summed E-state index contributed by atoms with van der Waals surface area (Å²) in [5, 5.41) is 10.9. The van der Waals surface area contributed by atoms with Crippen LogP contribution < -0.4 is 0 Å². The average Bonchev–Trinajstić information content (AvgIpc) is 2.83. The van der Waals surface area contributed by atoms with E-state index in [1.54, 1.807) is 17.5 Å². The molecule has 1 unspecified atom stereocenters. The van der Waals surface area contributed by atoms with Crippen LogP contribution in [0.3, 0.4) is 0 Å². The average molecular weight is 280 g/mol. The molecule has 1 aromatic heterocycles. The van der Waals surface area contributed by atoms with Crippen LogP contribution in [-0.2, 0) is 0 Å². The molecule has 0 amide bonds. The van der Waals surface area contributed by atoms with Gasteiger partial charge in [-0.25, -0.2) is 4.39 Å². The summed E-state index contributed by atoms with van der Waals surface area (Å²) in [6.45, 7) is 0. The van der Waals surface area contributed by atoms with Crippen molar-refractivity contribution >= 4 is 28.7 Å². The normalized spacial score (nSPS) is 11.8. The first-order valence-corrected chi connectivity index (χ1v) is 6.32. The molecule has 0 N–H and O–H groups in total. The van der Waals surface area contributed by atoms with Gasteiger partial charge in [0.25, 0.3) is 0 Å². The van der Waals surface area contributed by atoms with Crippen molar-refractivity contribution in [2.24, 2.45) is 0 Å². The molecule has 0 saturated heterocycles. The van der Waals surface area contributed by atoms with Crippen LogP contribution in [0, 0.1) is 17.1 Å². The van der Waals surface area contributed by atoms with Crippen LogP contribution in [0.1, 0.15) is 21.2 Å². The molecule has 0 fully saturated rings. The Balaban J connectivity index is 2.46. The van der Waals surface area contributed by atoms with E-state index in [1.807, 2.05) is 6.07 Å². The third kappa shape index (κ3) is 2.28. The summed E-state index contributed by atoms with van der Waals surface area (Å²) in [7, 11) is 0. The monoisotopic (exact) mass is 279 g/mol. The zero-order valence-corrected chi connectivity index (χ0v) is 10.6. The van der Waals surface area contributed by atoms with Crippen molar-refractivity contribution in [2.75, 3.05) is 0 Å². The van der Waals surface area contributed by atoms with Crippen molar-refractivity contribution < 1.29 is 9.18 Å². The van der Waals surface area contributed by atoms with Crippen molar-refractivity contribution in [1.29, 1.82) is 5.26 Å². The molecule has 1 aromatic carbocycles. The number of benzene rings is 1. The summed E-state index contributed by atoms with van der Waals surface area (Å²) in [4.78, 5) is 12.8. The number of rotatable bonds is 3. The Morgan fingerprint density at radius 1 is 1.39 bits per heavy atom. The van der Waals surface area contributed by atoms with Crippen LogP contribution in [0.5, 0.6) is 0 Å². The number of halogens is 2. The lowest BCUT2D eigenvalue weighted by Gasteiger charge is -2.08. The molecule has 2 nitrogen and oxygen atoms in total. The minimum absolute atomic E-state index is 0.0248. The van der Waals surface area contributed by atoms with Crippen molar-refractivity contribution in [1.82, 2.24) is 0 Å². The second-order valence-electron chi connectivity index (χ2n) is 3.54. The molecule has 0 saturated carbocycles. The summed E-state index contributed by atoms with van der Waals surface area (Å²) in [6, 6.07) is 9.30. The van der Waals surface area contributed by atoms with E-state index in [0.717, 1.165) is 6.07 Å². The maximum Gasteiger partial charge on any atom is 0.189 e. The largest absolute Gasteiger partial charge is 0.292 e. The van der Waals surface area contributed by atoms with Gasteiger partial charge in [0.15, 0.2) is 5.78 Å². The minimum atomic E-state index is -1.01. The number of ketones is 1. The lowest BCUT2D eigenvalue weighted by Crippen LogP contribution is -2.12. The maximum absolute atomic E-state index is 13.6. The molecular formula is C13H7ClFNOS. The zero-order chi connectivity index (χ0) is 13.1. The first kappa shape index (κ1) is 12.7. The van der Waals surface area contributed by atoms with Gasteiger partial charge in [0.2, 0.25) is 0 Å². The molecule has 0 aliphatic carbocycles. The number of thiophene rings is 1. The molecule has 0 radical (unpaired) electrons. The summed E-state index contributed by atoms with van der Waals surface area (Å²) in [6.07, 6.45) is 0. The van der Waals surface area contributed by atoms with E-state index in [4.69, 9.17) is 16.9 Å².